The zero-order valence-corrected chi connectivity index (χ0v) is 8.47. The van der Waals surface area contributed by atoms with Crippen molar-refractivity contribution in [3.8, 4) is 0 Å². The fourth-order valence-corrected chi connectivity index (χ4v) is 2.26. The smallest absolute Gasteiger partial charge is 0.129 e. The summed E-state index contributed by atoms with van der Waals surface area (Å²) in [6.45, 7) is 0. The van der Waals surface area contributed by atoms with Gasteiger partial charge in [-0.15, -0.1) is 0 Å². The Morgan fingerprint density at radius 3 is 2.40 bits per heavy atom. The highest BCUT2D eigenvalue weighted by Gasteiger charge is 2.33. The Hall–Kier alpha value is -0.960. The van der Waals surface area contributed by atoms with Gasteiger partial charge in [-0.1, -0.05) is 19.3 Å². The van der Waals surface area contributed by atoms with Gasteiger partial charge in [-0.2, -0.15) is 0 Å². The predicted molar refractivity (Wildman–Crippen MR) is 53.3 cm³/mol. The van der Waals surface area contributed by atoms with E-state index < -0.39 is 17.2 Å². The molecule has 0 unspecified atom stereocenters. The first kappa shape index (κ1) is 10.6. The van der Waals surface area contributed by atoms with Crippen molar-refractivity contribution in [3.05, 3.63) is 35.4 Å². The van der Waals surface area contributed by atoms with Crippen molar-refractivity contribution in [2.45, 2.75) is 37.7 Å². The molecule has 15 heavy (non-hydrogen) atoms. The van der Waals surface area contributed by atoms with Crippen molar-refractivity contribution >= 4 is 0 Å². The van der Waals surface area contributed by atoms with E-state index >= 15 is 0 Å². The highest BCUT2D eigenvalue weighted by atomic mass is 19.1. The lowest BCUT2D eigenvalue weighted by atomic mass is 9.79. The molecule has 1 saturated carbocycles. The molecular weight excluding hydrogens is 198 g/mol. The molecule has 0 spiro atoms. The lowest BCUT2D eigenvalue weighted by Gasteiger charge is -2.32. The Labute approximate surface area is 87.7 Å². The molecule has 3 heteroatoms. The molecule has 0 bridgehead atoms. The summed E-state index contributed by atoms with van der Waals surface area (Å²) in [6.07, 6.45) is 3.83. The molecule has 0 atom stereocenters. The second-order valence-electron chi connectivity index (χ2n) is 4.22. The molecule has 1 aromatic rings. The van der Waals surface area contributed by atoms with E-state index in [0.717, 1.165) is 37.5 Å². The van der Waals surface area contributed by atoms with Gasteiger partial charge in [-0.25, -0.2) is 8.78 Å². The summed E-state index contributed by atoms with van der Waals surface area (Å²) < 4.78 is 26.5. The Morgan fingerprint density at radius 2 is 1.73 bits per heavy atom. The molecule has 0 aliphatic heterocycles. The molecule has 1 fully saturated rings. The minimum atomic E-state index is -1.16. The molecule has 1 aliphatic carbocycles. The molecule has 1 nitrogen and oxygen atoms in total. The van der Waals surface area contributed by atoms with Crippen LogP contribution >= 0.6 is 0 Å². The minimum absolute atomic E-state index is 0.113. The molecule has 0 radical (unpaired) electrons. The Morgan fingerprint density at radius 1 is 1.07 bits per heavy atom. The highest BCUT2D eigenvalue weighted by Crippen LogP contribution is 2.38. The van der Waals surface area contributed by atoms with Gasteiger partial charge in [0.25, 0.3) is 0 Å². The fourth-order valence-electron chi connectivity index (χ4n) is 2.26. The zero-order chi connectivity index (χ0) is 10.9. The van der Waals surface area contributed by atoms with E-state index in [1.807, 2.05) is 0 Å². The summed E-state index contributed by atoms with van der Waals surface area (Å²) in [5.41, 5.74) is -1.05. The maximum atomic E-state index is 13.5. The van der Waals surface area contributed by atoms with Crippen LogP contribution in [-0.4, -0.2) is 5.11 Å². The number of hydrogen-bond donors (Lipinski definition) is 1. The van der Waals surface area contributed by atoms with Crippen LogP contribution in [0, 0.1) is 11.6 Å². The minimum Gasteiger partial charge on any atom is -0.385 e. The van der Waals surface area contributed by atoms with E-state index in [9.17, 15) is 13.9 Å². The summed E-state index contributed by atoms with van der Waals surface area (Å²) in [4.78, 5) is 0. The summed E-state index contributed by atoms with van der Waals surface area (Å²) in [5.74, 6) is -1.01. The maximum Gasteiger partial charge on any atom is 0.129 e. The maximum absolute atomic E-state index is 13.5. The summed E-state index contributed by atoms with van der Waals surface area (Å²) in [5, 5.41) is 10.2. The van der Waals surface area contributed by atoms with Gasteiger partial charge in [0, 0.05) is 5.56 Å². The predicted octanol–water partition coefficient (Wildman–Crippen LogP) is 3.12. The fraction of sp³-hybridized carbons (Fsp3) is 0.500. The van der Waals surface area contributed by atoms with Crippen molar-refractivity contribution in [2.24, 2.45) is 0 Å². The number of halogens is 2. The van der Waals surface area contributed by atoms with Crippen LogP contribution in [0.5, 0.6) is 0 Å². The first-order chi connectivity index (χ1) is 7.12. The van der Waals surface area contributed by atoms with Crippen LogP contribution in [0.4, 0.5) is 8.78 Å². The highest BCUT2D eigenvalue weighted by molar-refractivity contribution is 5.25. The molecule has 0 heterocycles. The normalized spacial score (nSPS) is 20.2. The van der Waals surface area contributed by atoms with Crippen molar-refractivity contribution in [2.75, 3.05) is 0 Å². The van der Waals surface area contributed by atoms with Gasteiger partial charge < -0.3 is 5.11 Å². The molecular formula is C12H14F2O. The largest absolute Gasteiger partial charge is 0.385 e. The van der Waals surface area contributed by atoms with Gasteiger partial charge in [0.15, 0.2) is 0 Å². The SMILES string of the molecule is OC1(c2cc(F)ccc2F)CCCCC1. The van der Waals surface area contributed by atoms with Crippen molar-refractivity contribution in [1.82, 2.24) is 0 Å². The van der Waals surface area contributed by atoms with Gasteiger partial charge >= 0.3 is 0 Å². The lowest BCUT2D eigenvalue weighted by Crippen LogP contribution is -2.29. The van der Waals surface area contributed by atoms with Gasteiger partial charge in [-0.05, 0) is 31.0 Å². The number of rotatable bonds is 1. The third kappa shape index (κ3) is 2.02. The average Bonchev–Trinajstić information content (AvgIpc) is 2.23. The van der Waals surface area contributed by atoms with E-state index in [4.69, 9.17) is 0 Å². The van der Waals surface area contributed by atoms with Gasteiger partial charge in [-0.3, -0.25) is 0 Å². The molecule has 82 valence electrons. The van der Waals surface area contributed by atoms with E-state index in [-0.39, 0.29) is 5.56 Å². The standard InChI is InChI=1S/C12H14F2O/c13-9-4-5-11(14)10(8-9)12(15)6-2-1-3-7-12/h4-5,8,15H,1-3,6-7H2. The monoisotopic (exact) mass is 212 g/mol. The number of aliphatic hydroxyl groups is 1. The van der Waals surface area contributed by atoms with Crippen LogP contribution in [0.25, 0.3) is 0 Å². The molecule has 1 aromatic carbocycles. The Bertz CT molecular complexity index is 357. The summed E-state index contributed by atoms with van der Waals surface area (Å²) in [6, 6.07) is 3.27. The van der Waals surface area contributed by atoms with Crippen LogP contribution < -0.4 is 0 Å². The molecule has 0 saturated heterocycles. The third-order valence-corrected chi connectivity index (χ3v) is 3.11. The molecule has 2 rings (SSSR count). The van der Waals surface area contributed by atoms with Gasteiger partial charge in [0.2, 0.25) is 0 Å². The Kier molecular flexibility index (Phi) is 2.74. The van der Waals surface area contributed by atoms with Crippen LogP contribution in [0.1, 0.15) is 37.7 Å². The van der Waals surface area contributed by atoms with Crippen molar-refractivity contribution in [1.29, 1.82) is 0 Å². The Balaban J connectivity index is 2.38. The first-order valence-corrected chi connectivity index (χ1v) is 5.30. The van der Waals surface area contributed by atoms with Gasteiger partial charge in [0.05, 0.1) is 5.60 Å². The van der Waals surface area contributed by atoms with Crippen LogP contribution in [-0.2, 0) is 5.60 Å². The third-order valence-electron chi connectivity index (χ3n) is 3.11. The summed E-state index contributed by atoms with van der Waals surface area (Å²) in [7, 11) is 0. The second kappa shape index (κ2) is 3.89. The van der Waals surface area contributed by atoms with Crippen molar-refractivity contribution in [3.63, 3.8) is 0 Å². The van der Waals surface area contributed by atoms with E-state index in [1.54, 1.807) is 0 Å². The molecule has 1 N–H and O–H groups in total. The van der Waals surface area contributed by atoms with Crippen molar-refractivity contribution < 1.29 is 13.9 Å². The number of benzene rings is 1. The summed E-state index contributed by atoms with van der Waals surface area (Å²) >= 11 is 0. The second-order valence-corrected chi connectivity index (χ2v) is 4.22. The molecule has 1 aliphatic rings. The average molecular weight is 212 g/mol. The van der Waals surface area contributed by atoms with Gasteiger partial charge in [0.1, 0.15) is 11.6 Å². The molecule has 0 aromatic heterocycles. The first-order valence-electron chi connectivity index (χ1n) is 5.30. The van der Waals surface area contributed by atoms with Crippen LogP contribution in [0.15, 0.2) is 18.2 Å². The van der Waals surface area contributed by atoms with Crippen LogP contribution in [0.2, 0.25) is 0 Å². The van der Waals surface area contributed by atoms with Crippen LogP contribution in [0.3, 0.4) is 0 Å². The quantitative estimate of drug-likeness (QED) is 0.758. The molecule has 0 amide bonds. The lowest BCUT2D eigenvalue weighted by molar-refractivity contribution is -0.00402. The topological polar surface area (TPSA) is 20.2 Å². The number of hydrogen-bond acceptors (Lipinski definition) is 1. The van der Waals surface area contributed by atoms with E-state index in [2.05, 4.69) is 0 Å². The van der Waals surface area contributed by atoms with E-state index in [1.165, 1.54) is 0 Å². The zero-order valence-electron chi connectivity index (χ0n) is 8.47. The van der Waals surface area contributed by atoms with E-state index in [0.29, 0.717) is 12.8 Å².